The first-order valence-electron chi connectivity index (χ1n) is 8.10. The molecule has 5 nitrogen and oxygen atoms in total. The summed E-state index contributed by atoms with van der Waals surface area (Å²) in [5.41, 5.74) is 0.946. The first-order valence-corrected chi connectivity index (χ1v) is 9.99. The van der Waals surface area contributed by atoms with Gasteiger partial charge in [-0.1, -0.05) is 19.1 Å². The summed E-state index contributed by atoms with van der Waals surface area (Å²) in [5.74, 6) is 0.188. The third-order valence-electron chi connectivity index (χ3n) is 4.52. The Labute approximate surface area is 139 Å². The van der Waals surface area contributed by atoms with Crippen LogP contribution in [0.2, 0.25) is 0 Å². The number of carbonyl (C=O) groups is 1. The van der Waals surface area contributed by atoms with Crippen LogP contribution in [0.4, 0.5) is 0 Å². The van der Waals surface area contributed by atoms with Crippen LogP contribution in [-0.4, -0.2) is 45.6 Å². The van der Waals surface area contributed by atoms with Crippen molar-refractivity contribution >= 4 is 15.7 Å². The van der Waals surface area contributed by atoms with E-state index >= 15 is 0 Å². The second-order valence-corrected chi connectivity index (χ2v) is 8.40. The van der Waals surface area contributed by atoms with Crippen molar-refractivity contribution in [2.75, 3.05) is 26.4 Å². The molecule has 1 fully saturated rings. The number of benzene rings is 1. The third-order valence-corrected chi connectivity index (χ3v) is 5.65. The molecule has 1 aliphatic heterocycles. The fraction of sp³-hybridized carbons (Fsp3) is 0.588. The molecule has 0 spiro atoms. The highest BCUT2D eigenvalue weighted by Gasteiger charge is 2.25. The summed E-state index contributed by atoms with van der Waals surface area (Å²) in [6, 6.07) is 6.72. The van der Waals surface area contributed by atoms with Gasteiger partial charge in [-0.15, -0.1) is 0 Å². The molecule has 1 atom stereocenters. The van der Waals surface area contributed by atoms with E-state index in [2.05, 4.69) is 17.3 Å². The average Bonchev–Trinajstić information content (AvgIpc) is 2.52. The van der Waals surface area contributed by atoms with E-state index in [1.807, 2.05) is 6.92 Å². The molecule has 2 rings (SSSR count). The van der Waals surface area contributed by atoms with Crippen LogP contribution < -0.4 is 5.32 Å². The number of nitrogens with zero attached hydrogens (tertiary/aromatic N) is 1. The van der Waals surface area contributed by atoms with E-state index in [0.29, 0.717) is 4.90 Å². The minimum absolute atomic E-state index is 0.0734. The van der Waals surface area contributed by atoms with Gasteiger partial charge in [0, 0.05) is 12.2 Å². The number of nitrogens with one attached hydrogen (secondary N) is 1. The van der Waals surface area contributed by atoms with Crippen molar-refractivity contribution < 1.29 is 13.2 Å². The van der Waals surface area contributed by atoms with E-state index in [1.54, 1.807) is 24.3 Å². The SMILES string of the molecule is CC[C@H](NC(=O)C1CCN(C)CC1)c1ccc(S(C)(=O)=O)cc1. The summed E-state index contributed by atoms with van der Waals surface area (Å²) in [7, 11) is -1.11. The summed E-state index contributed by atoms with van der Waals surface area (Å²) in [4.78, 5) is 15.0. The standard InChI is InChI=1S/C17H26N2O3S/c1-4-16(13-5-7-15(8-6-13)23(3,21)22)18-17(20)14-9-11-19(2)12-10-14/h5-8,14,16H,4,9-12H2,1-3H3,(H,18,20)/t16-/m0/s1. The van der Waals surface area contributed by atoms with Gasteiger partial charge in [0.2, 0.25) is 5.91 Å². The number of hydrogen-bond donors (Lipinski definition) is 1. The molecule has 0 aliphatic carbocycles. The molecule has 1 amide bonds. The Morgan fingerprint density at radius 2 is 1.83 bits per heavy atom. The lowest BCUT2D eigenvalue weighted by molar-refractivity contribution is -0.127. The average molecular weight is 338 g/mol. The molecule has 0 radical (unpaired) electrons. The zero-order chi connectivity index (χ0) is 17.0. The molecule has 1 heterocycles. The minimum Gasteiger partial charge on any atom is -0.349 e. The Balaban J connectivity index is 2.03. The maximum atomic E-state index is 12.4. The van der Waals surface area contributed by atoms with Crippen molar-refractivity contribution in [3.05, 3.63) is 29.8 Å². The van der Waals surface area contributed by atoms with E-state index in [4.69, 9.17) is 0 Å². The number of hydrogen-bond acceptors (Lipinski definition) is 4. The van der Waals surface area contributed by atoms with Crippen molar-refractivity contribution in [1.29, 1.82) is 0 Å². The van der Waals surface area contributed by atoms with Gasteiger partial charge in [0.15, 0.2) is 9.84 Å². The van der Waals surface area contributed by atoms with E-state index in [0.717, 1.165) is 37.9 Å². The van der Waals surface area contributed by atoms with Crippen LogP contribution in [0.3, 0.4) is 0 Å². The van der Waals surface area contributed by atoms with Gasteiger partial charge in [0.05, 0.1) is 10.9 Å². The molecule has 6 heteroatoms. The van der Waals surface area contributed by atoms with Gasteiger partial charge in [-0.25, -0.2) is 8.42 Å². The molecular formula is C17H26N2O3S. The highest BCUT2D eigenvalue weighted by Crippen LogP contribution is 2.22. The molecule has 1 saturated heterocycles. The van der Waals surface area contributed by atoms with Crippen LogP contribution in [0.15, 0.2) is 29.2 Å². The van der Waals surface area contributed by atoms with Gasteiger partial charge in [-0.05, 0) is 57.1 Å². The highest BCUT2D eigenvalue weighted by atomic mass is 32.2. The van der Waals surface area contributed by atoms with Gasteiger partial charge in [0.1, 0.15) is 0 Å². The van der Waals surface area contributed by atoms with Crippen LogP contribution in [0, 0.1) is 5.92 Å². The van der Waals surface area contributed by atoms with Crippen molar-refractivity contribution in [1.82, 2.24) is 10.2 Å². The fourth-order valence-electron chi connectivity index (χ4n) is 2.93. The lowest BCUT2D eigenvalue weighted by atomic mass is 9.95. The molecule has 0 bridgehead atoms. The van der Waals surface area contributed by atoms with Crippen LogP contribution >= 0.6 is 0 Å². The number of piperidine rings is 1. The second kappa shape index (κ2) is 7.45. The van der Waals surface area contributed by atoms with Crippen LogP contribution in [-0.2, 0) is 14.6 Å². The Morgan fingerprint density at radius 3 is 2.30 bits per heavy atom. The van der Waals surface area contributed by atoms with Crippen LogP contribution in [0.1, 0.15) is 37.8 Å². The predicted octanol–water partition coefficient (Wildman–Crippen LogP) is 2.00. The fourth-order valence-corrected chi connectivity index (χ4v) is 3.56. The first-order chi connectivity index (χ1) is 10.8. The molecule has 1 aromatic carbocycles. The monoisotopic (exact) mass is 338 g/mol. The maximum Gasteiger partial charge on any atom is 0.223 e. The van der Waals surface area contributed by atoms with Gasteiger partial charge >= 0.3 is 0 Å². The normalized spacial score (nSPS) is 18.6. The summed E-state index contributed by atoms with van der Waals surface area (Å²) >= 11 is 0. The van der Waals surface area contributed by atoms with Crippen LogP contribution in [0.5, 0.6) is 0 Å². The van der Waals surface area contributed by atoms with Crippen molar-refractivity contribution in [2.24, 2.45) is 5.92 Å². The van der Waals surface area contributed by atoms with Gasteiger partial charge in [-0.3, -0.25) is 4.79 Å². The zero-order valence-corrected chi connectivity index (χ0v) is 14.9. The summed E-state index contributed by atoms with van der Waals surface area (Å²) in [6.07, 6.45) is 3.76. The number of amides is 1. The molecule has 1 N–H and O–H groups in total. The second-order valence-electron chi connectivity index (χ2n) is 6.39. The van der Waals surface area contributed by atoms with Crippen molar-refractivity contribution in [2.45, 2.75) is 37.1 Å². The molecule has 1 aromatic rings. The Hall–Kier alpha value is -1.40. The van der Waals surface area contributed by atoms with Crippen LogP contribution in [0.25, 0.3) is 0 Å². The van der Waals surface area contributed by atoms with Gasteiger partial charge < -0.3 is 10.2 Å². The number of sulfone groups is 1. The molecule has 0 unspecified atom stereocenters. The number of carbonyl (C=O) groups excluding carboxylic acids is 1. The summed E-state index contributed by atoms with van der Waals surface area (Å²) in [6.45, 7) is 3.93. The number of likely N-dealkylation sites (tertiary alicyclic amines) is 1. The topological polar surface area (TPSA) is 66.5 Å². The lowest BCUT2D eigenvalue weighted by Crippen LogP contribution is -2.40. The van der Waals surface area contributed by atoms with E-state index in [-0.39, 0.29) is 17.9 Å². The maximum absolute atomic E-state index is 12.4. The number of rotatable bonds is 5. The van der Waals surface area contributed by atoms with Crippen molar-refractivity contribution in [3.8, 4) is 0 Å². The zero-order valence-electron chi connectivity index (χ0n) is 14.1. The molecule has 128 valence electrons. The van der Waals surface area contributed by atoms with Gasteiger partial charge in [-0.2, -0.15) is 0 Å². The van der Waals surface area contributed by atoms with Crippen molar-refractivity contribution in [3.63, 3.8) is 0 Å². The Kier molecular flexibility index (Phi) is 5.81. The summed E-state index contributed by atoms with van der Waals surface area (Å²) < 4.78 is 23.0. The van der Waals surface area contributed by atoms with Gasteiger partial charge in [0.25, 0.3) is 0 Å². The molecule has 0 saturated carbocycles. The van der Waals surface area contributed by atoms with E-state index in [1.165, 1.54) is 6.26 Å². The lowest BCUT2D eigenvalue weighted by Gasteiger charge is -2.29. The quantitative estimate of drug-likeness (QED) is 0.892. The summed E-state index contributed by atoms with van der Waals surface area (Å²) in [5, 5.41) is 3.12. The molecule has 0 aromatic heterocycles. The largest absolute Gasteiger partial charge is 0.349 e. The smallest absolute Gasteiger partial charge is 0.223 e. The predicted molar refractivity (Wildman–Crippen MR) is 90.9 cm³/mol. The first kappa shape index (κ1) is 17.9. The van der Waals surface area contributed by atoms with E-state index in [9.17, 15) is 13.2 Å². The Bertz CT molecular complexity index is 632. The van der Waals surface area contributed by atoms with E-state index < -0.39 is 9.84 Å². The highest BCUT2D eigenvalue weighted by molar-refractivity contribution is 7.90. The molecule has 1 aliphatic rings. The molecular weight excluding hydrogens is 312 g/mol. The Morgan fingerprint density at radius 1 is 1.26 bits per heavy atom. The minimum atomic E-state index is -3.19. The third kappa shape index (κ3) is 4.78. The molecule has 23 heavy (non-hydrogen) atoms.